The van der Waals surface area contributed by atoms with E-state index in [1.165, 1.54) is 18.2 Å². The molecule has 2 N–H and O–H groups in total. The van der Waals surface area contributed by atoms with Crippen LogP contribution in [0.5, 0.6) is 0 Å². The van der Waals surface area contributed by atoms with E-state index in [0.717, 1.165) is 32.0 Å². The van der Waals surface area contributed by atoms with Crippen LogP contribution in [0, 0.1) is 6.92 Å². The van der Waals surface area contributed by atoms with Crippen LogP contribution in [0.3, 0.4) is 0 Å². The normalized spacial score (nSPS) is 16.6. The Balaban J connectivity index is 1.72. The number of piperidine rings is 1. The third-order valence-electron chi connectivity index (χ3n) is 6.00. The van der Waals surface area contributed by atoms with Gasteiger partial charge in [-0.2, -0.15) is 13.2 Å². The van der Waals surface area contributed by atoms with Crippen LogP contribution in [0.15, 0.2) is 40.9 Å². The van der Waals surface area contributed by atoms with Gasteiger partial charge in [0, 0.05) is 30.1 Å². The van der Waals surface area contributed by atoms with Crippen LogP contribution in [0.1, 0.15) is 45.8 Å². The highest BCUT2D eigenvalue weighted by Gasteiger charge is 2.39. The molecule has 2 aromatic carbocycles. The van der Waals surface area contributed by atoms with E-state index in [9.17, 15) is 18.0 Å². The zero-order valence-corrected chi connectivity index (χ0v) is 22.1. The summed E-state index contributed by atoms with van der Waals surface area (Å²) in [6.07, 6.45) is -0.502. The Hall–Kier alpha value is -1.58. The molecule has 1 heterocycles. The molecule has 1 aliphatic heterocycles. The van der Waals surface area contributed by atoms with Crippen LogP contribution >= 0.6 is 39.1 Å². The minimum Gasteiger partial charge on any atom is -0.395 e. The number of halogens is 6. The van der Waals surface area contributed by atoms with Gasteiger partial charge in [0.2, 0.25) is 0 Å². The maximum absolute atomic E-state index is 13.8. The summed E-state index contributed by atoms with van der Waals surface area (Å²) in [5.74, 6) is -2.11. The number of amides is 1. The number of carbonyl (C=O) groups is 1. The fraction of sp³-hybridized carbons (Fsp3) is 0.400. The van der Waals surface area contributed by atoms with E-state index < -0.39 is 12.1 Å². The van der Waals surface area contributed by atoms with Crippen molar-refractivity contribution in [1.82, 2.24) is 10.2 Å². The number of carbonyl (C=O) groups excluding carboxylic acids is 1. The van der Waals surface area contributed by atoms with Crippen LogP contribution in [0.25, 0.3) is 6.08 Å². The molecule has 1 saturated heterocycles. The second-order valence-corrected chi connectivity index (χ2v) is 10.2. The molecule has 1 atom stereocenters. The third-order valence-corrected chi connectivity index (χ3v) is 7.55. The summed E-state index contributed by atoms with van der Waals surface area (Å²) in [6.45, 7) is 3.95. The molecule has 1 unspecified atom stereocenters. The number of allylic oxidation sites excluding steroid dienone is 1. The monoisotopic (exact) mass is 592 g/mol. The molecule has 0 aliphatic carbocycles. The quantitative estimate of drug-likeness (QED) is 0.380. The lowest BCUT2D eigenvalue weighted by Crippen LogP contribution is -2.45. The Morgan fingerprint density at radius 3 is 2.51 bits per heavy atom. The molecule has 1 aliphatic rings. The molecule has 4 nitrogen and oxygen atoms in total. The number of β-amino-alcohol motifs (C(OH)–C–C–N with tert-alkyl or cyclic N) is 1. The second kappa shape index (κ2) is 12.1. The molecule has 1 amide bonds. The van der Waals surface area contributed by atoms with Crippen molar-refractivity contribution in [3.63, 3.8) is 0 Å². The summed E-state index contributed by atoms with van der Waals surface area (Å²) >= 11 is 15.4. The maximum atomic E-state index is 13.8. The lowest BCUT2D eigenvalue weighted by molar-refractivity contribution is -0.139. The first kappa shape index (κ1) is 28.0. The number of alkyl halides is 3. The molecule has 0 bridgehead atoms. The Labute approximate surface area is 221 Å². The van der Waals surface area contributed by atoms with Gasteiger partial charge < -0.3 is 15.3 Å². The van der Waals surface area contributed by atoms with Crippen molar-refractivity contribution in [3.05, 3.63) is 73.2 Å². The van der Waals surface area contributed by atoms with Gasteiger partial charge in [-0.3, -0.25) is 4.79 Å². The lowest BCUT2D eigenvalue weighted by Gasteiger charge is -2.31. The number of hydrogen-bond acceptors (Lipinski definition) is 3. The van der Waals surface area contributed by atoms with Gasteiger partial charge in [-0.05, 0) is 70.6 Å². The summed E-state index contributed by atoms with van der Waals surface area (Å²) in [5, 5.41) is 12.4. The molecule has 190 valence electrons. The van der Waals surface area contributed by atoms with Crippen LogP contribution in [0.2, 0.25) is 10.0 Å². The minimum atomic E-state index is -4.52. The SMILES string of the molecule is Cc1cc(C(/C=C/c2ccc(C(=O)NC3CCN(CCO)CC3)c(Br)c2)C(F)(F)F)cc(Cl)c1Cl. The van der Waals surface area contributed by atoms with Crippen molar-refractivity contribution in [2.75, 3.05) is 26.2 Å². The van der Waals surface area contributed by atoms with Gasteiger partial charge >= 0.3 is 6.18 Å². The molecule has 35 heavy (non-hydrogen) atoms. The van der Waals surface area contributed by atoms with Crippen molar-refractivity contribution >= 4 is 51.1 Å². The number of likely N-dealkylation sites (tertiary alicyclic amines) is 1. The molecule has 0 radical (unpaired) electrons. The lowest BCUT2D eigenvalue weighted by atomic mass is 9.95. The fourth-order valence-electron chi connectivity index (χ4n) is 4.07. The van der Waals surface area contributed by atoms with Crippen molar-refractivity contribution in [3.8, 4) is 0 Å². The van der Waals surface area contributed by atoms with Gasteiger partial charge in [0.05, 0.1) is 28.1 Å². The number of nitrogens with zero attached hydrogens (tertiary/aromatic N) is 1. The largest absolute Gasteiger partial charge is 0.399 e. The van der Waals surface area contributed by atoms with Crippen LogP contribution in [-0.4, -0.2) is 54.4 Å². The molecule has 0 aromatic heterocycles. The van der Waals surface area contributed by atoms with Crippen molar-refractivity contribution in [2.45, 2.75) is 37.9 Å². The summed E-state index contributed by atoms with van der Waals surface area (Å²) in [5.41, 5.74) is 1.39. The van der Waals surface area contributed by atoms with Crippen molar-refractivity contribution in [2.24, 2.45) is 0 Å². The zero-order chi connectivity index (χ0) is 25.8. The van der Waals surface area contributed by atoms with E-state index in [2.05, 4.69) is 26.1 Å². The predicted molar refractivity (Wildman–Crippen MR) is 137 cm³/mol. The van der Waals surface area contributed by atoms with Gasteiger partial charge in [0.1, 0.15) is 0 Å². The molecular weight excluding hydrogens is 568 g/mol. The van der Waals surface area contributed by atoms with Gasteiger partial charge in [-0.1, -0.05) is 47.5 Å². The second-order valence-electron chi connectivity index (χ2n) is 8.56. The molecule has 0 saturated carbocycles. The van der Waals surface area contributed by atoms with Crippen molar-refractivity contribution in [1.29, 1.82) is 0 Å². The topological polar surface area (TPSA) is 52.6 Å². The molecular formula is C25H26BrCl2F3N2O2. The summed E-state index contributed by atoms with van der Waals surface area (Å²) in [7, 11) is 0. The molecule has 0 spiro atoms. The number of rotatable bonds is 7. The highest BCUT2D eigenvalue weighted by molar-refractivity contribution is 9.10. The minimum absolute atomic E-state index is 0.000694. The standard InChI is InChI=1S/C25H26BrCl2F3N2O2/c1-15-12-17(14-22(27)23(15)28)20(25(29,30)31)5-3-16-2-4-19(21(26)13-16)24(35)32-18-6-8-33(9-7-18)10-11-34/h2-5,12-14,18,20,34H,6-11H2,1H3,(H,32,35)/b5-3+. The van der Waals surface area contributed by atoms with Gasteiger partial charge in [0.15, 0.2) is 0 Å². The Morgan fingerprint density at radius 2 is 1.94 bits per heavy atom. The van der Waals surface area contributed by atoms with Crippen LogP contribution in [-0.2, 0) is 0 Å². The van der Waals surface area contributed by atoms with Gasteiger partial charge in [0.25, 0.3) is 5.91 Å². The highest BCUT2D eigenvalue weighted by atomic mass is 79.9. The first-order valence-electron chi connectivity index (χ1n) is 11.1. The van der Waals surface area contributed by atoms with Gasteiger partial charge in [-0.15, -0.1) is 0 Å². The van der Waals surface area contributed by atoms with Gasteiger partial charge in [-0.25, -0.2) is 0 Å². The Bertz CT molecular complexity index is 1060. The zero-order valence-electron chi connectivity index (χ0n) is 19.0. The number of nitrogens with one attached hydrogen (secondary N) is 1. The number of aliphatic hydroxyl groups excluding tert-OH is 1. The maximum Gasteiger partial charge on any atom is 0.399 e. The Kier molecular flexibility index (Phi) is 9.68. The van der Waals surface area contributed by atoms with Crippen LogP contribution < -0.4 is 5.32 Å². The summed E-state index contributed by atoms with van der Waals surface area (Å²) in [4.78, 5) is 14.9. The highest BCUT2D eigenvalue weighted by Crippen LogP contribution is 2.39. The number of aryl methyl sites for hydroxylation is 1. The smallest absolute Gasteiger partial charge is 0.395 e. The number of benzene rings is 2. The molecule has 1 fully saturated rings. The predicted octanol–water partition coefficient (Wildman–Crippen LogP) is 6.61. The number of hydrogen-bond donors (Lipinski definition) is 2. The van der Waals surface area contributed by atoms with Crippen molar-refractivity contribution < 1.29 is 23.1 Å². The average Bonchev–Trinajstić information content (AvgIpc) is 2.78. The van der Waals surface area contributed by atoms with E-state index in [4.69, 9.17) is 28.3 Å². The third kappa shape index (κ3) is 7.46. The van der Waals surface area contributed by atoms with Crippen LogP contribution in [0.4, 0.5) is 13.2 Å². The van der Waals surface area contributed by atoms with E-state index in [1.54, 1.807) is 25.1 Å². The fourth-order valence-corrected chi connectivity index (χ4v) is 5.03. The molecule has 10 heteroatoms. The van der Waals surface area contributed by atoms with E-state index in [0.29, 0.717) is 27.7 Å². The Morgan fingerprint density at radius 1 is 1.26 bits per heavy atom. The average molecular weight is 594 g/mol. The summed E-state index contributed by atoms with van der Waals surface area (Å²) in [6, 6.07) is 7.46. The van der Waals surface area contributed by atoms with E-state index in [-0.39, 0.29) is 34.2 Å². The molecule has 2 aromatic rings. The number of aliphatic hydroxyl groups is 1. The van der Waals surface area contributed by atoms with E-state index >= 15 is 0 Å². The first-order chi connectivity index (χ1) is 16.5. The summed E-state index contributed by atoms with van der Waals surface area (Å²) < 4.78 is 41.9. The van der Waals surface area contributed by atoms with E-state index in [1.807, 2.05) is 0 Å². The first-order valence-corrected chi connectivity index (χ1v) is 12.7. The molecule has 3 rings (SSSR count).